The Labute approximate surface area is 114 Å². The van der Waals surface area contributed by atoms with Gasteiger partial charge in [-0.3, -0.25) is 7.32 Å². The van der Waals surface area contributed by atoms with Crippen molar-refractivity contribution in [3.63, 3.8) is 0 Å². The van der Waals surface area contributed by atoms with Gasteiger partial charge in [0, 0.05) is 0 Å². The van der Waals surface area contributed by atoms with Crippen molar-refractivity contribution >= 4 is 52.8 Å². The van der Waals surface area contributed by atoms with Gasteiger partial charge < -0.3 is 15.1 Å². The van der Waals surface area contributed by atoms with Gasteiger partial charge in [-0.15, -0.1) is 0 Å². The van der Waals surface area contributed by atoms with Crippen molar-refractivity contribution in [2.75, 3.05) is 0 Å². The summed E-state index contributed by atoms with van der Waals surface area (Å²) < 4.78 is 0. The maximum absolute atomic E-state index is 8.42. The first kappa shape index (κ1) is 16.0. The van der Waals surface area contributed by atoms with E-state index in [1.54, 1.807) is 0 Å². The molecule has 0 aromatic carbocycles. The predicted molar refractivity (Wildman–Crippen MR) is 11.5 cm³/mol. The molecule has 0 radical (unpaired) electrons. The summed E-state index contributed by atoms with van der Waals surface area (Å²) in [4.78, 5) is 0. The molecule has 0 rings (SSSR count). The first-order valence-electron chi connectivity index (χ1n) is 0.707. The van der Waals surface area contributed by atoms with Gasteiger partial charge >= 0.3 is 94.9 Å². The van der Waals surface area contributed by atoms with E-state index < -0.39 is 7.32 Å². The first-order valence-corrected chi connectivity index (χ1v) is 0.707. The van der Waals surface area contributed by atoms with Crippen LogP contribution in [-0.4, -0.2) is 52.8 Å². The Balaban J connectivity index is -0.0000000450. The number of rotatable bonds is 0. The SMILES string of the molecule is [Eu+3].[O-]B([O-])[O-].[Sr+2]. The van der Waals surface area contributed by atoms with Gasteiger partial charge in [0.25, 0.3) is 0 Å². The van der Waals surface area contributed by atoms with Crippen LogP contribution < -0.4 is 15.1 Å². The molecular formula is BEuO3Sr+2. The maximum Gasteiger partial charge on any atom is 3.00 e. The number of hydrogen-bond donors (Lipinski definition) is 0. The molecule has 0 aliphatic carbocycles. The molecule has 6 heteroatoms. The van der Waals surface area contributed by atoms with E-state index in [-0.39, 0.29) is 94.9 Å². The third-order valence-corrected chi connectivity index (χ3v) is 0. The molecule has 0 atom stereocenters. The smallest absolute Gasteiger partial charge is 0.907 e. The molecule has 0 bridgehead atoms. The zero-order valence-electron chi connectivity index (χ0n) is 2.89. The maximum atomic E-state index is 8.42. The summed E-state index contributed by atoms with van der Waals surface area (Å²) in [5.74, 6) is 0. The van der Waals surface area contributed by atoms with Crippen molar-refractivity contribution in [1.82, 2.24) is 0 Å². The fourth-order valence-corrected chi connectivity index (χ4v) is 0. The van der Waals surface area contributed by atoms with Crippen molar-refractivity contribution < 1.29 is 64.4 Å². The molecule has 0 saturated carbocycles. The van der Waals surface area contributed by atoms with Crippen molar-refractivity contribution in [1.29, 1.82) is 0 Å². The minimum atomic E-state index is -2.92. The Morgan fingerprint density at radius 3 is 1.00 bits per heavy atom. The largest absolute Gasteiger partial charge is 3.00 e. The van der Waals surface area contributed by atoms with Crippen molar-refractivity contribution in [3.05, 3.63) is 0 Å². The third-order valence-electron chi connectivity index (χ3n) is 0. The van der Waals surface area contributed by atoms with Gasteiger partial charge in [0.05, 0.1) is 0 Å². The molecule has 0 aliphatic heterocycles. The quantitative estimate of drug-likeness (QED) is 0.425. The summed E-state index contributed by atoms with van der Waals surface area (Å²) >= 11 is 0. The van der Waals surface area contributed by atoms with Crippen LogP contribution in [0.1, 0.15) is 0 Å². The van der Waals surface area contributed by atoms with Crippen LogP contribution in [0.3, 0.4) is 0 Å². The second kappa shape index (κ2) is 10.9. The Kier molecular flexibility index (Phi) is 29.1. The van der Waals surface area contributed by atoms with Crippen LogP contribution >= 0.6 is 0 Å². The van der Waals surface area contributed by atoms with Crippen LogP contribution in [0, 0.1) is 49.4 Å². The van der Waals surface area contributed by atoms with E-state index >= 15 is 0 Å². The molecule has 0 aromatic heterocycles. The summed E-state index contributed by atoms with van der Waals surface area (Å²) in [6, 6.07) is 0. The Morgan fingerprint density at radius 2 is 1.00 bits per heavy atom. The summed E-state index contributed by atoms with van der Waals surface area (Å²) in [6.45, 7) is 0. The first-order chi connectivity index (χ1) is 1.73. The molecule has 0 amide bonds. The van der Waals surface area contributed by atoms with Gasteiger partial charge in [-0.2, -0.15) is 0 Å². The van der Waals surface area contributed by atoms with Gasteiger partial charge in [-0.05, 0) is 0 Å². The van der Waals surface area contributed by atoms with E-state index in [0.717, 1.165) is 0 Å². The fraction of sp³-hybridized carbons (Fsp3) is 0. The minimum Gasteiger partial charge on any atom is -0.907 e. The summed E-state index contributed by atoms with van der Waals surface area (Å²) in [5.41, 5.74) is 0. The average Bonchev–Trinajstić information content (AvgIpc) is 0.811. The zero-order chi connectivity index (χ0) is 3.58. The van der Waals surface area contributed by atoms with E-state index in [1.807, 2.05) is 0 Å². The molecule has 0 heterocycles. The monoisotopic (exact) mass is 300 g/mol. The van der Waals surface area contributed by atoms with Crippen LogP contribution in [0.15, 0.2) is 0 Å². The predicted octanol–water partition coefficient (Wildman–Crippen LogP) is -4.33. The summed E-state index contributed by atoms with van der Waals surface area (Å²) in [7, 11) is -2.92. The molecule has 3 nitrogen and oxygen atoms in total. The second-order valence-electron chi connectivity index (χ2n) is 0.289. The van der Waals surface area contributed by atoms with Gasteiger partial charge in [0.15, 0.2) is 0 Å². The van der Waals surface area contributed by atoms with E-state index in [4.69, 9.17) is 15.1 Å². The topological polar surface area (TPSA) is 69.2 Å². The Hall–Kier alpha value is 3.01. The number of hydrogen-bond acceptors (Lipinski definition) is 3. The standard InChI is InChI=1S/BO3.Eu.Sr/c2-1(3)4;;/q-3;+3;+2. The van der Waals surface area contributed by atoms with Crippen molar-refractivity contribution in [2.45, 2.75) is 0 Å². The molecule has 0 aromatic rings. The molecular weight excluding hydrogens is 298 g/mol. The van der Waals surface area contributed by atoms with Gasteiger partial charge in [0.1, 0.15) is 0 Å². The van der Waals surface area contributed by atoms with Gasteiger partial charge in [-0.25, -0.2) is 0 Å². The van der Waals surface area contributed by atoms with E-state index in [2.05, 4.69) is 0 Å². The fourth-order valence-electron chi connectivity index (χ4n) is 0. The van der Waals surface area contributed by atoms with E-state index in [0.29, 0.717) is 0 Å². The molecule has 0 aliphatic rings. The third kappa shape index (κ3) is 27.9. The van der Waals surface area contributed by atoms with Gasteiger partial charge in [0.2, 0.25) is 0 Å². The van der Waals surface area contributed by atoms with Crippen molar-refractivity contribution in [2.24, 2.45) is 0 Å². The van der Waals surface area contributed by atoms with Crippen LogP contribution in [0.2, 0.25) is 0 Å². The molecule has 28 valence electrons. The van der Waals surface area contributed by atoms with Crippen LogP contribution in [-0.2, 0) is 0 Å². The van der Waals surface area contributed by atoms with Crippen LogP contribution in [0.5, 0.6) is 0 Å². The minimum absolute atomic E-state index is 0. The molecule has 0 spiro atoms. The molecule has 0 N–H and O–H groups in total. The summed E-state index contributed by atoms with van der Waals surface area (Å²) in [6.07, 6.45) is 0. The summed E-state index contributed by atoms with van der Waals surface area (Å²) in [5, 5.41) is 25.2. The Bertz CT molecular complexity index is 15.5. The molecule has 6 heavy (non-hydrogen) atoms. The van der Waals surface area contributed by atoms with E-state index in [9.17, 15) is 0 Å². The normalized spacial score (nSPS) is 4.50. The van der Waals surface area contributed by atoms with E-state index in [1.165, 1.54) is 0 Å². The van der Waals surface area contributed by atoms with Gasteiger partial charge in [-0.1, -0.05) is 0 Å². The molecule has 0 unspecified atom stereocenters. The second-order valence-corrected chi connectivity index (χ2v) is 0.289. The average molecular weight is 298 g/mol. The Morgan fingerprint density at radius 1 is 1.00 bits per heavy atom. The molecule has 0 fully saturated rings. The van der Waals surface area contributed by atoms with Crippen LogP contribution in [0.25, 0.3) is 0 Å². The van der Waals surface area contributed by atoms with Crippen LogP contribution in [0.4, 0.5) is 0 Å². The van der Waals surface area contributed by atoms with Crippen molar-refractivity contribution in [3.8, 4) is 0 Å². The zero-order valence-corrected chi connectivity index (χ0v) is 8.79. The molecule has 0 saturated heterocycles.